The summed E-state index contributed by atoms with van der Waals surface area (Å²) in [6.07, 6.45) is 3.30. The third-order valence-electron chi connectivity index (χ3n) is 2.76. The average molecular weight is 306 g/mol. The van der Waals surface area contributed by atoms with Gasteiger partial charge in [0.15, 0.2) is 0 Å². The number of nitrogens with zero attached hydrogens (tertiary/aromatic N) is 2. The van der Waals surface area contributed by atoms with E-state index in [1.54, 1.807) is 12.4 Å². The highest BCUT2D eigenvalue weighted by atomic mass is 35.5. The van der Waals surface area contributed by atoms with Crippen LogP contribution >= 0.6 is 11.6 Å². The van der Waals surface area contributed by atoms with Crippen LogP contribution in [0.1, 0.15) is 32.0 Å². The molecule has 4 nitrogen and oxygen atoms in total. The molecule has 0 atom stereocenters. The number of benzene rings is 1. The Hall–Kier alpha value is -1.65. The third kappa shape index (κ3) is 4.99. The Morgan fingerprint density at radius 1 is 1.24 bits per heavy atom. The van der Waals surface area contributed by atoms with Crippen molar-refractivity contribution in [2.75, 3.05) is 0 Å². The summed E-state index contributed by atoms with van der Waals surface area (Å²) >= 11 is 6.15. The molecule has 1 aromatic heterocycles. The number of halogens is 1. The van der Waals surface area contributed by atoms with Gasteiger partial charge in [-0.2, -0.15) is 0 Å². The molecule has 0 saturated carbocycles. The zero-order valence-corrected chi connectivity index (χ0v) is 13.5. The molecule has 0 saturated heterocycles. The van der Waals surface area contributed by atoms with Crippen molar-refractivity contribution >= 4 is 11.6 Å². The Balaban J connectivity index is 2.10. The summed E-state index contributed by atoms with van der Waals surface area (Å²) in [5.41, 5.74) is 1.94. The number of rotatable bonds is 4. The number of ether oxygens (including phenoxy) is 1. The number of aryl methyl sites for hydroxylation is 1. The Labute approximate surface area is 130 Å². The summed E-state index contributed by atoms with van der Waals surface area (Å²) in [7, 11) is 0. The minimum atomic E-state index is 0.0266. The van der Waals surface area contributed by atoms with Gasteiger partial charge in [0.05, 0.1) is 16.9 Å². The maximum atomic E-state index is 6.15. The molecule has 0 aliphatic heterocycles. The first-order chi connectivity index (χ1) is 9.83. The third-order valence-corrected chi connectivity index (χ3v) is 3.06. The van der Waals surface area contributed by atoms with Crippen LogP contribution in [0.2, 0.25) is 5.02 Å². The lowest BCUT2D eigenvalue weighted by Gasteiger charge is -2.20. The van der Waals surface area contributed by atoms with Crippen LogP contribution in [-0.4, -0.2) is 15.5 Å². The highest BCUT2D eigenvalue weighted by molar-refractivity contribution is 6.32. The molecule has 0 bridgehead atoms. The first kappa shape index (κ1) is 15.7. The smallest absolute Gasteiger partial charge is 0.238 e. The molecular weight excluding hydrogens is 286 g/mol. The Bertz CT molecular complexity index is 623. The van der Waals surface area contributed by atoms with Crippen molar-refractivity contribution in [3.05, 3.63) is 46.9 Å². The van der Waals surface area contributed by atoms with Crippen LogP contribution in [0.5, 0.6) is 11.6 Å². The van der Waals surface area contributed by atoms with E-state index in [1.807, 2.05) is 25.1 Å². The Morgan fingerprint density at radius 3 is 2.67 bits per heavy atom. The molecule has 0 radical (unpaired) electrons. The van der Waals surface area contributed by atoms with Crippen LogP contribution in [-0.2, 0) is 6.54 Å². The van der Waals surface area contributed by atoms with E-state index in [0.717, 1.165) is 11.3 Å². The molecule has 0 aliphatic carbocycles. The zero-order valence-electron chi connectivity index (χ0n) is 12.8. The maximum Gasteiger partial charge on any atom is 0.238 e. The normalized spacial score (nSPS) is 11.5. The van der Waals surface area contributed by atoms with Crippen molar-refractivity contribution in [2.45, 2.75) is 39.8 Å². The molecule has 1 N–H and O–H groups in total. The van der Waals surface area contributed by atoms with Crippen molar-refractivity contribution in [3.8, 4) is 11.6 Å². The van der Waals surface area contributed by atoms with Crippen molar-refractivity contribution in [1.82, 2.24) is 15.3 Å². The van der Waals surface area contributed by atoms with Crippen LogP contribution < -0.4 is 10.1 Å². The van der Waals surface area contributed by atoms with E-state index in [1.165, 1.54) is 0 Å². The highest BCUT2D eigenvalue weighted by Gasteiger charge is 2.10. The van der Waals surface area contributed by atoms with Crippen LogP contribution in [0.3, 0.4) is 0 Å². The van der Waals surface area contributed by atoms with Gasteiger partial charge in [-0.15, -0.1) is 0 Å². The number of nitrogens with one attached hydrogen (secondary N) is 1. The minimum absolute atomic E-state index is 0.0266. The summed E-state index contributed by atoms with van der Waals surface area (Å²) in [6.45, 7) is 8.93. The van der Waals surface area contributed by atoms with Gasteiger partial charge in [0.1, 0.15) is 5.75 Å². The fourth-order valence-corrected chi connectivity index (χ4v) is 1.95. The van der Waals surface area contributed by atoms with Gasteiger partial charge in [-0.25, -0.2) is 4.98 Å². The van der Waals surface area contributed by atoms with E-state index >= 15 is 0 Å². The van der Waals surface area contributed by atoms with Gasteiger partial charge in [-0.1, -0.05) is 17.7 Å². The van der Waals surface area contributed by atoms with Crippen LogP contribution in [0.25, 0.3) is 0 Å². The summed E-state index contributed by atoms with van der Waals surface area (Å²) < 4.78 is 5.70. The molecule has 2 aromatic rings. The standard InChI is InChI=1S/C16H20ClN3O/c1-11-5-6-14(13(17)7-11)21-15-10-18-8-12(20-15)9-19-16(2,3)4/h5-8,10,19H,9H2,1-4H3. The number of hydrogen-bond donors (Lipinski definition) is 1. The SMILES string of the molecule is Cc1ccc(Oc2cncc(CNC(C)(C)C)n2)c(Cl)c1. The molecule has 2 rings (SSSR count). The zero-order chi connectivity index (χ0) is 15.5. The fraction of sp³-hybridized carbons (Fsp3) is 0.375. The molecule has 5 heteroatoms. The van der Waals surface area contributed by atoms with Crippen LogP contribution in [0, 0.1) is 6.92 Å². The molecular formula is C16H20ClN3O. The van der Waals surface area contributed by atoms with Crippen LogP contribution in [0.4, 0.5) is 0 Å². The van der Waals surface area contributed by atoms with E-state index in [-0.39, 0.29) is 5.54 Å². The largest absolute Gasteiger partial charge is 0.436 e. The first-order valence-corrected chi connectivity index (χ1v) is 7.21. The lowest BCUT2D eigenvalue weighted by molar-refractivity contribution is 0.414. The predicted molar refractivity (Wildman–Crippen MR) is 84.9 cm³/mol. The lowest BCUT2D eigenvalue weighted by atomic mass is 10.1. The lowest BCUT2D eigenvalue weighted by Crippen LogP contribution is -2.35. The van der Waals surface area contributed by atoms with E-state index in [4.69, 9.17) is 16.3 Å². The Morgan fingerprint density at radius 2 is 2.00 bits per heavy atom. The van der Waals surface area contributed by atoms with E-state index in [2.05, 4.69) is 36.1 Å². The summed E-state index contributed by atoms with van der Waals surface area (Å²) in [5.74, 6) is 1.02. The molecule has 0 unspecified atom stereocenters. The Kier molecular flexibility index (Phi) is 4.80. The van der Waals surface area contributed by atoms with Gasteiger partial charge in [-0.05, 0) is 45.4 Å². The topological polar surface area (TPSA) is 47.0 Å². The molecule has 0 spiro atoms. The van der Waals surface area contributed by atoms with Gasteiger partial charge in [0.2, 0.25) is 5.88 Å². The molecule has 1 aromatic carbocycles. The van der Waals surface area contributed by atoms with Gasteiger partial charge in [-0.3, -0.25) is 4.98 Å². The van der Waals surface area contributed by atoms with Crippen molar-refractivity contribution < 1.29 is 4.74 Å². The molecule has 112 valence electrons. The summed E-state index contributed by atoms with van der Waals surface area (Å²) in [4.78, 5) is 8.59. The second-order valence-electron chi connectivity index (χ2n) is 5.99. The second-order valence-corrected chi connectivity index (χ2v) is 6.40. The van der Waals surface area contributed by atoms with Gasteiger partial charge >= 0.3 is 0 Å². The number of aromatic nitrogens is 2. The molecule has 0 amide bonds. The predicted octanol–water partition coefficient (Wildman–Crippen LogP) is 4.12. The maximum absolute atomic E-state index is 6.15. The monoisotopic (exact) mass is 305 g/mol. The second kappa shape index (κ2) is 6.41. The van der Waals surface area contributed by atoms with Crippen LogP contribution in [0.15, 0.2) is 30.6 Å². The van der Waals surface area contributed by atoms with Crippen molar-refractivity contribution in [3.63, 3.8) is 0 Å². The van der Waals surface area contributed by atoms with E-state index in [0.29, 0.717) is 23.2 Å². The molecule has 0 fully saturated rings. The first-order valence-electron chi connectivity index (χ1n) is 6.83. The van der Waals surface area contributed by atoms with Crippen molar-refractivity contribution in [2.24, 2.45) is 0 Å². The van der Waals surface area contributed by atoms with Gasteiger partial charge in [0, 0.05) is 18.3 Å². The number of hydrogen-bond acceptors (Lipinski definition) is 4. The van der Waals surface area contributed by atoms with Gasteiger partial charge in [0.25, 0.3) is 0 Å². The van der Waals surface area contributed by atoms with E-state index < -0.39 is 0 Å². The molecule has 21 heavy (non-hydrogen) atoms. The highest BCUT2D eigenvalue weighted by Crippen LogP contribution is 2.28. The summed E-state index contributed by atoms with van der Waals surface area (Å²) in [6, 6.07) is 5.63. The fourth-order valence-electron chi connectivity index (χ4n) is 1.68. The van der Waals surface area contributed by atoms with Gasteiger partial charge < -0.3 is 10.1 Å². The summed E-state index contributed by atoms with van der Waals surface area (Å²) in [5, 5.41) is 3.93. The average Bonchev–Trinajstić information content (AvgIpc) is 2.39. The quantitative estimate of drug-likeness (QED) is 0.923. The molecule has 0 aliphatic rings. The minimum Gasteiger partial charge on any atom is -0.436 e. The molecule has 1 heterocycles. The van der Waals surface area contributed by atoms with E-state index in [9.17, 15) is 0 Å². The van der Waals surface area contributed by atoms with Crippen molar-refractivity contribution in [1.29, 1.82) is 0 Å².